The monoisotopic (exact) mass is 312 g/mol. The summed E-state index contributed by atoms with van der Waals surface area (Å²) in [7, 11) is 4.02. The number of nitrogens with zero attached hydrogens (tertiary/aromatic N) is 2. The summed E-state index contributed by atoms with van der Waals surface area (Å²) in [6.45, 7) is 0. The molecule has 6 heteroatoms. The molecule has 0 radical (unpaired) electrons. The van der Waals surface area contributed by atoms with Crippen molar-refractivity contribution in [3.8, 4) is 5.69 Å². The summed E-state index contributed by atoms with van der Waals surface area (Å²) in [5, 5.41) is 5.75. The summed E-state index contributed by atoms with van der Waals surface area (Å²) in [5.74, 6) is -0.208. The second-order valence-electron chi connectivity index (χ2n) is 5.18. The van der Waals surface area contributed by atoms with Crippen LogP contribution in [0.25, 0.3) is 11.8 Å². The topological polar surface area (TPSA) is 49.3 Å². The summed E-state index contributed by atoms with van der Waals surface area (Å²) < 4.78 is 2.02. The molecule has 1 fully saturated rings. The highest BCUT2D eigenvalue weighted by Gasteiger charge is 2.20. The smallest absolute Gasteiger partial charge is 0.273 e. The predicted molar refractivity (Wildman–Crippen MR) is 91.9 cm³/mol. The Morgan fingerprint density at radius 2 is 1.86 bits per heavy atom. The highest BCUT2D eigenvalue weighted by molar-refractivity contribution is 7.80. The van der Waals surface area contributed by atoms with Crippen LogP contribution in [0.5, 0.6) is 0 Å². The van der Waals surface area contributed by atoms with Gasteiger partial charge in [0.05, 0.1) is 0 Å². The molecule has 1 aromatic carbocycles. The first-order valence-corrected chi connectivity index (χ1v) is 7.24. The van der Waals surface area contributed by atoms with Crippen molar-refractivity contribution >= 4 is 35.0 Å². The molecule has 22 heavy (non-hydrogen) atoms. The van der Waals surface area contributed by atoms with Gasteiger partial charge in [0.2, 0.25) is 0 Å². The van der Waals surface area contributed by atoms with E-state index in [1.165, 1.54) is 0 Å². The zero-order chi connectivity index (χ0) is 15.7. The van der Waals surface area contributed by atoms with Gasteiger partial charge in [0, 0.05) is 37.4 Å². The number of benzene rings is 1. The third-order valence-electron chi connectivity index (χ3n) is 3.44. The summed E-state index contributed by atoms with van der Waals surface area (Å²) in [6, 6.07) is 12.1. The average Bonchev–Trinajstić information content (AvgIpc) is 3.06. The molecule has 1 aromatic heterocycles. The lowest BCUT2D eigenvalue weighted by Gasteiger charge is -2.13. The van der Waals surface area contributed by atoms with Crippen molar-refractivity contribution in [3.05, 3.63) is 54.0 Å². The van der Waals surface area contributed by atoms with Crippen LogP contribution in [0.15, 0.2) is 48.3 Å². The van der Waals surface area contributed by atoms with Crippen LogP contribution < -0.4 is 15.5 Å². The lowest BCUT2D eigenvalue weighted by atomic mass is 10.2. The van der Waals surface area contributed by atoms with Crippen molar-refractivity contribution < 1.29 is 4.79 Å². The van der Waals surface area contributed by atoms with Crippen molar-refractivity contribution in [2.24, 2.45) is 0 Å². The van der Waals surface area contributed by atoms with Gasteiger partial charge in [0.1, 0.15) is 5.70 Å². The molecular formula is C16H16N4OS. The fourth-order valence-electron chi connectivity index (χ4n) is 2.29. The van der Waals surface area contributed by atoms with Crippen molar-refractivity contribution in [2.75, 3.05) is 19.0 Å². The molecule has 0 spiro atoms. The Hall–Kier alpha value is -2.60. The van der Waals surface area contributed by atoms with Crippen LogP contribution in [-0.2, 0) is 4.79 Å². The van der Waals surface area contributed by atoms with Crippen LogP contribution in [0.4, 0.5) is 5.69 Å². The van der Waals surface area contributed by atoms with E-state index in [4.69, 9.17) is 12.2 Å². The fourth-order valence-corrected chi connectivity index (χ4v) is 2.49. The van der Waals surface area contributed by atoms with Crippen LogP contribution in [0.2, 0.25) is 0 Å². The largest absolute Gasteiger partial charge is 0.378 e. The third-order valence-corrected chi connectivity index (χ3v) is 3.64. The van der Waals surface area contributed by atoms with E-state index < -0.39 is 0 Å². The van der Waals surface area contributed by atoms with E-state index in [1.54, 1.807) is 6.08 Å². The van der Waals surface area contributed by atoms with Gasteiger partial charge in [0.15, 0.2) is 5.11 Å². The van der Waals surface area contributed by atoms with Gasteiger partial charge in [-0.1, -0.05) is 0 Å². The summed E-state index contributed by atoms with van der Waals surface area (Å²) in [5.41, 5.74) is 3.52. The molecule has 0 unspecified atom stereocenters. The molecule has 0 saturated carbocycles. The molecule has 0 aliphatic carbocycles. The van der Waals surface area contributed by atoms with Crippen LogP contribution in [0.1, 0.15) is 5.69 Å². The van der Waals surface area contributed by atoms with Gasteiger partial charge in [-0.2, -0.15) is 0 Å². The van der Waals surface area contributed by atoms with E-state index in [9.17, 15) is 4.79 Å². The molecule has 5 nitrogen and oxygen atoms in total. The first kappa shape index (κ1) is 14.3. The number of nitrogens with one attached hydrogen (secondary N) is 2. The first-order valence-electron chi connectivity index (χ1n) is 6.84. The molecule has 1 aliphatic heterocycles. The normalized spacial score (nSPS) is 15.8. The number of anilines is 1. The predicted octanol–water partition coefficient (Wildman–Crippen LogP) is 1.89. The average molecular weight is 312 g/mol. The first-order chi connectivity index (χ1) is 10.5. The Labute approximate surface area is 134 Å². The molecule has 0 bridgehead atoms. The van der Waals surface area contributed by atoms with Gasteiger partial charge >= 0.3 is 0 Å². The molecule has 1 aliphatic rings. The molecule has 112 valence electrons. The zero-order valence-corrected chi connectivity index (χ0v) is 13.1. The number of thiocarbonyl (C=S) groups is 1. The van der Waals surface area contributed by atoms with Crippen molar-refractivity contribution in [3.63, 3.8) is 0 Å². The molecule has 2 heterocycles. The highest BCUT2D eigenvalue weighted by Crippen LogP contribution is 2.19. The maximum atomic E-state index is 11.7. The lowest BCUT2D eigenvalue weighted by Crippen LogP contribution is -2.21. The molecule has 3 rings (SSSR count). The minimum Gasteiger partial charge on any atom is -0.378 e. The van der Waals surface area contributed by atoms with Gasteiger partial charge in [-0.25, -0.2) is 0 Å². The zero-order valence-electron chi connectivity index (χ0n) is 12.3. The quantitative estimate of drug-likeness (QED) is 0.671. The number of rotatable bonds is 3. The van der Waals surface area contributed by atoms with Crippen molar-refractivity contribution in [1.82, 2.24) is 15.2 Å². The van der Waals surface area contributed by atoms with Crippen LogP contribution in [-0.4, -0.2) is 29.7 Å². The maximum absolute atomic E-state index is 11.7. The summed E-state index contributed by atoms with van der Waals surface area (Å²) in [4.78, 5) is 13.8. The Balaban J connectivity index is 1.94. The van der Waals surface area contributed by atoms with Crippen LogP contribution in [0.3, 0.4) is 0 Å². The lowest BCUT2D eigenvalue weighted by molar-refractivity contribution is -0.115. The van der Waals surface area contributed by atoms with E-state index in [0.29, 0.717) is 10.8 Å². The minimum atomic E-state index is -0.208. The second kappa shape index (κ2) is 5.65. The van der Waals surface area contributed by atoms with Crippen molar-refractivity contribution in [1.29, 1.82) is 0 Å². The van der Waals surface area contributed by atoms with Crippen LogP contribution >= 0.6 is 12.2 Å². The summed E-state index contributed by atoms with van der Waals surface area (Å²) >= 11 is 4.94. The maximum Gasteiger partial charge on any atom is 0.273 e. The molecule has 0 atom stereocenters. The summed E-state index contributed by atoms with van der Waals surface area (Å²) in [6.07, 6.45) is 3.75. The van der Waals surface area contributed by atoms with Gasteiger partial charge in [-0.3, -0.25) is 10.1 Å². The minimum absolute atomic E-state index is 0.208. The third kappa shape index (κ3) is 2.73. The fraction of sp³-hybridized carbons (Fsp3) is 0.125. The number of hydrogen-bond acceptors (Lipinski definition) is 3. The van der Waals surface area contributed by atoms with E-state index in [1.807, 2.05) is 49.1 Å². The second-order valence-corrected chi connectivity index (χ2v) is 5.59. The highest BCUT2D eigenvalue weighted by atomic mass is 32.1. The van der Waals surface area contributed by atoms with E-state index >= 15 is 0 Å². The Morgan fingerprint density at radius 3 is 2.45 bits per heavy atom. The molecular weight excluding hydrogens is 296 g/mol. The van der Waals surface area contributed by atoms with E-state index in [-0.39, 0.29) is 5.91 Å². The Kier molecular flexibility index (Phi) is 3.68. The number of amides is 1. The number of carbonyl (C=O) groups excluding carboxylic acids is 1. The van der Waals surface area contributed by atoms with Crippen molar-refractivity contribution in [2.45, 2.75) is 0 Å². The number of hydrogen-bond donors (Lipinski definition) is 2. The Morgan fingerprint density at radius 1 is 1.14 bits per heavy atom. The standard InChI is InChI=1S/C16H16N4OS/c1-19(2)11-5-7-12(8-6-11)20-9-3-4-13(20)10-14-15(21)18-16(22)17-14/h3-10H,1-2H3,(H2,17,18,21,22)/b14-10+. The van der Waals surface area contributed by atoms with Gasteiger partial charge < -0.3 is 14.8 Å². The van der Waals surface area contributed by atoms with E-state index in [0.717, 1.165) is 17.1 Å². The molecule has 1 saturated heterocycles. The van der Waals surface area contributed by atoms with Gasteiger partial charge in [-0.15, -0.1) is 0 Å². The Bertz CT molecular complexity index is 759. The SMILES string of the molecule is CN(C)c1ccc(-n2cccc2/C=C2/NC(=S)NC2=O)cc1. The van der Waals surface area contributed by atoms with Gasteiger partial charge in [0.25, 0.3) is 5.91 Å². The number of aromatic nitrogens is 1. The number of carbonyl (C=O) groups is 1. The molecule has 2 aromatic rings. The van der Waals surface area contributed by atoms with Gasteiger partial charge in [-0.05, 0) is 54.7 Å². The van der Waals surface area contributed by atoms with E-state index in [2.05, 4.69) is 27.7 Å². The van der Waals surface area contributed by atoms with Crippen LogP contribution in [0, 0.1) is 0 Å². The molecule has 1 amide bonds. The molecule has 2 N–H and O–H groups in total.